The van der Waals surface area contributed by atoms with Crippen molar-refractivity contribution in [1.29, 1.82) is 0 Å². The first-order valence-corrected chi connectivity index (χ1v) is 9.15. The fourth-order valence-corrected chi connectivity index (χ4v) is 3.58. The third-order valence-electron chi connectivity index (χ3n) is 5.12. The SMILES string of the molecule is Cc1noc(C)c1COc1ccccc1C(=O)NC1CCc2ccccc21. The molecule has 2 aromatic carbocycles. The number of rotatable bonds is 5. The van der Waals surface area contributed by atoms with E-state index in [1.807, 2.05) is 44.2 Å². The zero-order valence-electron chi connectivity index (χ0n) is 15.5. The first-order valence-electron chi connectivity index (χ1n) is 9.15. The van der Waals surface area contributed by atoms with Crippen LogP contribution in [0.5, 0.6) is 5.75 Å². The molecule has 0 spiro atoms. The van der Waals surface area contributed by atoms with Gasteiger partial charge in [0.05, 0.1) is 22.9 Å². The van der Waals surface area contributed by atoms with E-state index in [1.54, 1.807) is 6.07 Å². The molecule has 1 N–H and O–H groups in total. The average molecular weight is 362 g/mol. The van der Waals surface area contributed by atoms with E-state index in [9.17, 15) is 4.79 Å². The first-order chi connectivity index (χ1) is 13.1. The van der Waals surface area contributed by atoms with Gasteiger partial charge in [-0.15, -0.1) is 0 Å². The Morgan fingerprint density at radius 1 is 1.19 bits per heavy atom. The van der Waals surface area contributed by atoms with Crippen molar-refractivity contribution in [2.24, 2.45) is 0 Å². The number of ether oxygens (including phenoxy) is 1. The number of aryl methyl sites for hydroxylation is 3. The number of nitrogens with one attached hydrogen (secondary N) is 1. The Bertz CT molecular complexity index is 958. The summed E-state index contributed by atoms with van der Waals surface area (Å²) in [6.45, 7) is 4.05. The van der Waals surface area contributed by atoms with Crippen molar-refractivity contribution in [2.45, 2.75) is 39.3 Å². The summed E-state index contributed by atoms with van der Waals surface area (Å²) in [7, 11) is 0. The first kappa shape index (κ1) is 17.3. The molecular weight excluding hydrogens is 340 g/mol. The van der Waals surface area contributed by atoms with Crippen LogP contribution in [0.1, 0.15) is 51.0 Å². The normalized spacial score (nSPS) is 15.4. The summed E-state index contributed by atoms with van der Waals surface area (Å²) in [6.07, 6.45) is 1.92. The summed E-state index contributed by atoms with van der Waals surface area (Å²) < 4.78 is 11.1. The van der Waals surface area contributed by atoms with Gasteiger partial charge in [0.15, 0.2) is 0 Å². The van der Waals surface area contributed by atoms with Gasteiger partial charge in [0.1, 0.15) is 18.1 Å². The number of para-hydroxylation sites is 1. The molecular formula is C22H22N2O3. The summed E-state index contributed by atoms with van der Waals surface area (Å²) in [6, 6.07) is 15.6. The van der Waals surface area contributed by atoms with Crippen LogP contribution in [0.3, 0.4) is 0 Å². The van der Waals surface area contributed by atoms with Gasteiger partial charge in [-0.1, -0.05) is 41.6 Å². The van der Waals surface area contributed by atoms with Crippen LogP contribution in [0.25, 0.3) is 0 Å². The second-order valence-corrected chi connectivity index (χ2v) is 6.85. The lowest BCUT2D eigenvalue weighted by molar-refractivity contribution is 0.0932. The number of benzene rings is 2. The Labute approximate surface area is 158 Å². The molecule has 1 unspecified atom stereocenters. The van der Waals surface area contributed by atoms with Crippen LogP contribution in [-0.2, 0) is 13.0 Å². The van der Waals surface area contributed by atoms with Crippen molar-refractivity contribution < 1.29 is 14.1 Å². The summed E-state index contributed by atoms with van der Waals surface area (Å²) in [5, 5.41) is 7.10. The highest BCUT2D eigenvalue weighted by Gasteiger charge is 2.25. The van der Waals surface area contributed by atoms with Gasteiger partial charge in [-0.3, -0.25) is 4.79 Å². The van der Waals surface area contributed by atoms with Gasteiger partial charge in [0, 0.05) is 0 Å². The molecule has 1 amide bonds. The molecule has 0 saturated heterocycles. The molecule has 4 rings (SSSR count). The molecule has 0 fully saturated rings. The number of carbonyl (C=O) groups excluding carboxylic acids is 1. The Morgan fingerprint density at radius 3 is 2.78 bits per heavy atom. The Balaban J connectivity index is 1.50. The van der Waals surface area contributed by atoms with E-state index in [2.05, 4.69) is 22.6 Å². The fraction of sp³-hybridized carbons (Fsp3) is 0.273. The number of amides is 1. The van der Waals surface area contributed by atoms with Crippen molar-refractivity contribution in [2.75, 3.05) is 0 Å². The predicted octanol–water partition coefficient (Wildman–Crippen LogP) is 4.29. The van der Waals surface area contributed by atoms with Crippen LogP contribution in [0.4, 0.5) is 0 Å². The summed E-state index contributed by atoms with van der Waals surface area (Å²) >= 11 is 0. The van der Waals surface area contributed by atoms with Gasteiger partial charge < -0.3 is 14.6 Å². The van der Waals surface area contributed by atoms with Crippen molar-refractivity contribution >= 4 is 5.91 Å². The van der Waals surface area contributed by atoms with Crippen LogP contribution in [-0.4, -0.2) is 11.1 Å². The minimum Gasteiger partial charge on any atom is -0.488 e. The number of carbonyl (C=O) groups is 1. The molecule has 1 atom stereocenters. The molecule has 1 aliphatic carbocycles. The molecule has 0 bridgehead atoms. The van der Waals surface area contributed by atoms with Crippen molar-refractivity contribution in [1.82, 2.24) is 10.5 Å². The molecule has 5 nitrogen and oxygen atoms in total. The molecule has 1 aromatic heterocycles. The van der Waals surface area contributed by atoms with E-state index in [0.29, 0.717) is 17.9 Å². The molecule has 0 saturated carbocycles. The van der Waals surface area contributed by atoms with E-state index in [1.165, 1.54) is 11.1 Å². The number of aromatic nitrogens is 1. The average Bonchev–Trinajstić information content (AvgIpc) is 3.24. The highest BCUT2D eigenvalue weighted by Crippen LogP contribution is 2.31. The van der Waals surface area contributed by atoms with E-state index < -0.39 is 0 Å². The number of hydrogen-bond acceptors (Lipinski definition) is 4. The van der Waals surface area contributed by atoms with Gasteiger partial charge in [0.25, 0.3) is 5.91 Å². The summed E-state index contributed by atoms with van der Waals surface area (Å²) in [5.74, 6) is 1.17. The minimum absolute atomic E-state index is 0.0457. The lowest BCUT2D eigenvalue weighted by Gasteiger charge is -2.16. The van der Waals surface area contributed by atoms with Gasteiger partial charge in [-0.05, 0) is 49.9 Å². The van der Waals surface area contributed by atoms with Crippen LogP contribution >= 0.6 is 0 Å². The maximum Gasteiger partial charge on any atom is 0.255 e. The Kier molecular flexibility index (Phi) is 4.67. The van der Waals surface area contributed by atoms with Crippen LogP contribution in [0.2, 0.25) is 0 Å². The number of fused-ring (bicyclic) bond motifs is 1. The lowest BCUT2D eigenvalue weighted by Crippen LogP contribution is -2.27. The molecule has 27 heavy (non-hydrogen) atoms. The highest BCUT2D eigenvalue weighted by atomic mass is 16.5. The number of hydrogen-bond donors (Lipinski definition) is 1. The zero-order valence-corrected chi connectivity index (χ0v) is 15.5. The molecule has 3 aromatic rings. The molecule has 0 radical (unpaired) electrons. The van der Waals surface area contributed by atoms with E-state index in [4.69, 9.17) is 9.26 Å². The van der Waals surface area contributed by atoms with E-state index in [0.717, 1.165) is 29.9 Å². The maximum atomic E-state index is 12.9. The minimum atomic E-state index is -0.119. The van der Waals surface area contributed by atoms with Gasteiger partial charge in [-0.25, -0.2) is 0 Å². The monoisotopic (exact) mass is 362 g/mol. The van der Waals surface area contributed by atoms with E-state index >= 15 is 0 Å². The Hall–Kier alpha value is -3.08. The van der Waals surface area contributed by atoms with E-state index in [-0.39, 0.29) is 11.9 Å². The second kappa shape index (κ2) is 7.27. The van der Waals surface area contributed by atoms with Gasteiger partial charge in [0.2, 0.25) is 0 Å². The van der Waals surface area contributed by atoms with Crippen LogP contribution in [0.15, 0.2) is 53.1 Å². The summed E-state index contributed by atoms with van der Waals surface area (Å²) in [5.41, 5.74) is 4.77. The van der Waals surface area contributed by atoms with Crippen molar-refractivity contribution in [3.8, 4) is 5.75 Å². The summed E-state index contributed by atoms with van der Waals surface area (Å²) in [4.78, 5) is 12.9. The van der Waals surface area contributed by atoms with Crippen molar-refractivity contribution in [3.63, 3.8) is 0 Å². The largest absolute Gasteiger partial charge is 0.488 e. The second-order valence-electron chi connectivity index (χ2n) is 6.85. The molecule has 1 heterocycles. The van der Waals surface area contributed by atoms with Crippen molar-refractivity contribution in [3.05, 3.63) is 82.2 Å². The zero-order chi connectivity index (χ0) is 18.8. The van der Waals surface area contributed by atoms with Crippen LogP contribution in [0, 0.1) is 13.8 Å². The molecule has 5 heteroatoms. The smallest absolute Gasteiger partial charge is 0.255 e. The third-order valence-corrected chi connectivity index (χ3v) is 5.12. The molecule has 1 aliphatic rings. The maximum absolute atomic E-state index is 12.9. The standard InChI is InChI=1S/C22H22N2O3/c1-14-19(15(2)27-24-14)13-26-21-10-6-5-9-18(21)22(25)23-20-12-11-16-7-3-4-8-17(16)20/h3-10,20H,11-13H2,1-2H3,(H,23,25). The van der Waals surface area contributed by atoms with Crippen LogP contribution < -0.4 is 10.1 Å². The molecule has 0 aliphatic heterocycles. The van der Waals surface area contributed by atoms with Gasteiger partial charge in [-0.2, -0.15) is 0 Å². The third kappa shape index (κ3) is 3.45. The fourth-order valence-electron chi connectivity index (χ4n) is 3.58. The number of nitrogens with zero attached hydrogens (tertiary/aromatic N) is 1. The topological polar surface area (TPSA) is 64.4 Å². The van der Waals surface area contributed by atoms with Gasteiger partial charge >= 0.3 is 0 Å². The highest BCUT2D eigenvalue weighted by molar-refractivity contribution is 5.97. The predicted molar refractivity (Wildman–Crippen MR) is 102 cm³/mol. The lowest BCUT2D eigenvalue weighted by atomic mass is 10.1. The molecule has 138 valence electrons. The Morgan fingerprint density at radius 2 is 1.96 bits per heavy atom. The quantitative estimate of drug-likeness (QED) is 0.735.